The normalized spacial score (nSPS) is 11.6. The lowest BCUT2D eigenvalue weighted by molar-refractivity contribution is -0.146. The number of esters is 1. The first-order valence-corrected chi connectivity index (χ1v) is 10.3. The summed E-state index contributed by atoms with van der Waals surface area (Å²) in [5, 5.41) is 5.02. The average molecular weight is 415 g/mol. The van der Waals surface area contributed by atoms with Crippen molar-refractivity contribution in [1.82, 2.24) is 5.32 Å². The summed E-state index contributed by atoms with van der Waals surface area (Å²) >= 11 is 1.36. The predicted molar refractivity (Wildman–Crippen MR) is 115 cm³/mol. The zero-order valence-corrected chi connectivity index (χ0v) is 17.6. The molecule has 0 fully saturated rings. The first-order chi connectivity index (χ1) is 13.9. The number of hydrogen-bond donors (Lipinski definition) is 2. The van der Waals surface area contributed by atoms with Gasteiger partial charge in [0.05, 0.1) is 11.3 Å². The van der Waals surface area contributed by atoms with Gasteiger partial charge in [-0.05, 0) is 37.1 Å². The van der Waals surface area contributed by atoms with E-state index < -0.39 is 23.7 Å². The van der Waals surface area contributed by atoms with Gasteiger partial charge in [0.15, 0.2) is 6.61 Å². The van der Waals surface area contributed by atoms with Gasteiger partial charge in [0, 0.05) is 11.4 Å². The highest BCUT2D eigenvalue weighted by atomic mass is 32.2. The van der Waals surface area contributed by atoms with Crippen molar-refractivity contribution in [2.45, 2.75) is 30.9 Å². The SMILES string of the molecule is CC(C)CNC(=O)c1ccccc1NC(=O)COC(=O)[C@@H](C)Sc1ccccc1. The van der Waals surface area contributed by atoms with Crippen molar-refractivity contribution < 1.29 is 19.1 Å². The second-order valence-corrected chi connectivity index (χ2v) is 8.29. The van der Waals surface area contributed by atoms with E-state index in [9.17, 15) is 14.4 Å². The van der Waals surface area contributed by atoms with E-state index in [1.807, 2.05) is 44.2 Å². The lowest BCUT2D eigenvalue weighted by atomic mass is 10.1. The molecule has 0 unspecified atom stereocenters. The predicted octanol–water partition coefficient (Wildman–Crippen LogP) is 3.73. The molecule has 6 nitrogen and oxygen atoms in total. The fourth-order valence-corrected chi connectivity index (χ4v) is 3.26. The Kier molecular flexibility index (Phi) is 8.73. The molecule has 2 aromatic carbocycles. The molecule has 0 aliphatic heterocycles. The third-order valence-corrected chi connectivity index (χ3v) is 4.94. The molecular formula is C22H26N2O4S. The lowest BCUT2D eigenvalue weighted by Gasteiger charge is -2.14. The maximum Gasteiger partial charge on any atom is 0.319 e. The van der Waals surface area contributed by atoms with Gasteiger partial charge in [-0.15, -0.1) is 11.8 Å². The van der Waals surface area contributed by atoms with Crippen molar-refractivity contribution in [3.05, 3.63) is 60.2 Å². The minimum absolute atomic E-state index is 0.264. The van der Waals surface area contributed by atoms with Crippen LogP contribution in [0.25, 0.3) is 0 Å². The summed E-state index contributed by atoms with van der Waals surface area (Å²) in [7, 11) is 0. The van der Waals surface area contributed by atoms with E-state index in [0.717, 1.165) is 4.90 Å². The number of carbonyl (C=O) groups is 3. The zero-order chi connectivity index (χ0) is 21.2. The van der Waals surface area contributed by atoms with Gasteiger partial charge in [0.25, 0.3) is 11.8 Å². The summed E-state index contributed by atoms with van der Waals surface area (Å²) in [5.74, 6) is -0.924. The highest BCUT2D eigenvalue weighted by molar-refractivity contribution is 8.00. The molecule has 0 saturated heterocycles. The van der Waals surface area contributed by atoms with Crippen molar-refractivity contribution in [2.75, 3.05) is 18.5 Å². The molecule has 0 radical (unpaired) electrons. The first-order valence-electron chi connectivity index (χ1n) is 9.42. The van der Waals surface area contributed by atoms with Crippen molar-refractivity contribution in [3.8, 4) is 0 Å². The highest BCUT2D eigenvalue weighted by Gasteiger charge is 2.18. The van der Waals surface area contributed by atoms with Gasteiger partial charge in [0.1, 0.15) is 5.25 Å². The van der Waals surface area contributed by atoms with Crippen LogP contribution in [-0.2, 0) is 14.3 Å². The number of hydrogen-bond acceptors (Lipinski definition) is 5. The number of rotatable bonds is 9. The van der Waals surface area contributed by atoms with Crippen LogP contribution in [0.2, 0.25) is 0 Å². The van der Waals surface area contributed by atoms with Crippen LogP contribution in [0.15, 0.2) is 59.5 Å². The van der Waals surface area contributed by atoms with Gasteiger partial charge in [-0.3, -0.25) is 14.4 Å². The standard InChI is InChI=1S/C22H26N2O4S/c1-15(2)13-23-21(26)18-11-7-8-12-19(18)24-20(25)14-28-22(27)16(3)29-17-9-5-4-6-10-17/h4-12,15-16H,13-14H2,1-3H3,(H,23,26)(H,24,25)/t16-/m1/s1. The summed E-state index contributed by atoms with van der Waals surface area (Å²) in [6.07, 6.45) is 0. The molecule has 0 aliphatic carbocycles. The van der Waals surface area contributed by atoms with Crippen LogP contribution in [0, 0.1) is 5.92 Å². The Morgan fingerprint density at radius 3 is 2.31 bits per heavy atom. The average Bonchev–Trinajstić information content (AvgIpc) is 2.71. The Bertz CT molecular complexity index is 840. The quantitative estimate of drug-likeness (QED) is 0.482. The number of anilines is 1. The second-order valence-electron chi connectivity index (χ2n) is 6.88. The Hall–Kier alpha value is -2.80. The molecule has 0 spiro atoms. The van der Waals surface area contributed by atoms with E-state index in [2.05, 4.69) is 10.6 Å². The van der Waals surface area contributed by atoms with Crippen LogP contribution in [-0.4, -0.2) is 36.2 Å². The molecule has 7 heteroatoms. The van der Waals surface area contributed by atoms with Crippen LogP contribution < -0.4 is 10.6 Å². The monoisotopic (exact) mass is 414 g/mol. The van der Waals surface area contributed by atoms with Crippen molar-refractivity contribution in [3.63, 3.8) is 0 Å². The topological polar surface area (TPSA) is 84.5 Å². The minimum Gasteiger partial charge on any atom is -0.455 e. The summed E-state index contributed by atoms with van der Waals surface area (Å²) in [6.45, 7) is 5.85. The van der Waals surface area contributed by atoms with Crippen LogP contribution in [0.1, 0.15) is 31.1 Å². The molecule has 2 amide bonds. The fourth-order valence-electron chi connectivity index (χ4n) is 2.37. The van der Waals surface area contributed by atoms with E-state index in [4.69, 9.17) is 4.74 Å². The van der Waals surface area contributed by atoms with E-state index in [0.29, 0.717) is 23.7 Å². The van der Waals surface area contributed by atoms with E-state index in [-0.39, 0.29) is 5.91 Å². The molecule has 1 atom stereocenters. The summed E-state index contributed by atoms with van der Waals surface area (Å²) in [6, 6.07) is 16.2. The summed E-state index contributed by atoms with van der Waals surface area (Å²) in [5.41, 5.74) is 0.738. The highest BCUT2D eigenvalue weighted by Crippen LogP contribution is 2.23. The molecule has 0 aromatic heterocycles. The van der Waals surface area contributed by atoms with Crippen LogP contribution in [0.4, 0.5) is 5.69 Å². The lowest BCUT2D eigenvalue weighted by Crippen LogP contribution is -2.29. The maximum absolute atomic E-state index is 12.3. The van der Waals surface area contributed by atoms with Crippen molar-refractivity contribution in [1.29, 1.82) is 0 Å². The number of para-hydroxylation sites is 1. The molecule has 29 heavy (non-hydrogen) atoms. The molecule has 2 rings (SSSR count). The molecule has 0 saturated carbocycles. The Balaban J connectivity index is 1.87. The molecule has 2 N–H and O–H groups in total. The molecule has 0 bridgehead atoms. The summed E-state index contributed by atoms with van der Waals surface area (Å²) in [4.78, 5) is 37.6. The van der Waals surface area contributed by atoms with Crippen LogP contribution in [0.3, 0.4) is 0 Å². The van der Waals surface area contributed by atoms with E-state index in [1.54, 1.807) is 31.2 Å². The van der Waals surface area contributed by atoms with Gasteiger partial charge in [-0.2, -0.15) is 0 Å². The van der Waals surface area contributed by atoms with E-state index in [1.165, 1.54) is 11.8 Å². The maximum atomic E-state index is 12.3. The third-order valence-electron chi connectivity index (χ3n) is 3.85. The first kappa shape index (κ1) is 22.5. The van der Waals surface area contributed by atoms with Crippen LogP contribution in [0.5, 0.6) is 0 Å². The van der Waals surface area contributed by atoms with Gasteiger partial charge in [0.2, 0.25) is 0 Å². The molecule has 0 aliphatic rings. The van der Waals surface area contributed by atoms with Gasteiger partial charge in [-0.1, -0.05) is 44.2 Å². The smallest absolute Gasteiger partial charge is 0.319 e. The Labute approximate surface area is 175 Å². The second kappa shape index (κ2) is 11.3. The third kappa shape index (κ3) is 7.62. The van der Waals surface area contributed by atoms with Gasteiger partial charge in [-0.25, -0.2) is 0 Å². The van der Waals surface area contributed by atoms with Gasteiger partial charge >= 0.3 is 5.97 Å². The van der Waals surface area contributed by atoms with Crippen molar-refractivity contribution >= 4 is 35.2 Å². The molecular weight excluding hydrogens is 388 g/mol. The summed E-state index contributed by atoms with van der Waals surface area (Å²) < 4.78 is 5.12. The molecule has 2 aromatic rings. The van der Waals surface area contributed by atoms with Gasteiger partial charge < -0.3 is 15.4 Å². The van der Waals surface area contributed by atoms with Crippen LogP contribution >= 0.6 is 11.8 Å². The number of benzene rings is 2. The van der Waals surface area contributed by atoms with Crippen molar-refractivity contribution in [2.24, 2.45) is 5.92 Å². The minimum atomic E-state index is -0.501. The number of ether oxygens (including phenoxy) is 1. The molecule has 0 heterocycles. The number of amides is 2. The largest absolute Gasteiger partial charge is 0.455 e. The molecule has 154 valence electrons. The van der Waals surface area contributed by atoms with E-state index >= 15 is 0 Å². The number of nitrogens with one attached hydrogen (secondary N) is 2. The Morgan fingerprint density at radius 2 is 1.62 bits per heavy atom. The zero-order valence-electron chi connectivity index (χ0n) is 16.8. The number of thioether (sulfide) groups is 1. The Morgan fingerprint density at radius 1 is 0.966 bits per heavy atom. The number of carbonyl (C=O) groups excluding carboxylic acids is 3. The fraction of sp³-hybridized carbons (Fsp3) is 0.318.